The Hall–Kier alpha value is -0.530. The molecule has 12 heavy (non-hydrogen) atoms. The molecular weight excluding hydrogens is 150 g/mol. The van der Waals surface area contributed by atoms with Gasteiger partial charge in [0.15, 0.2) is 0 Å². The molecule has 2 fully saturated rings. The molecule has 0 spiro atoms. The van der Waals surface area contributed by atoms with Gasteiger partial charge in [-0.2, -0.15) is 0 Å². The number of amides is 1. The minimum Gasteiger partial charge on any atom is -0.273 e. The van der Waals surface area contributed by atoms with E-state index in [0.29, 0.717) is 5.92 Å². The second kappa shape index (κ2) is 3.46. The lowest BCUT2D eigenvalue weighted by atomic mass is 10.1. The SMILES string of the molecule is O=C([N]CC1CC1)C1CCCC1. The Morgan fingerprint density at radius 2 is 1.83 bits per heavy atom. The largest absolute Gasteiger partial charge is 0.273 e. The first-order chi connectivity index (χ1) is 5.86. The second-order valence-electron chi connectivity index (χ2n) is 4.10. The predicted molar refractivity (Wildman–Crippen MR) is 46.7 cm³/mol. The van der Waals surface area contributed by atoms with Crippen molar-refractivity contribution in [3.63, 3.8) is 0 Å². The average molecular weight is 166 g/mol. The zero-order valence-electron chi connectivity index (χ0n) is 7.46. The lowest BCUT2D eigenvalue weighted by molar-refractivity contribution is -0.125. The topological polar surface area (TPSA) is 31.2 Å². The molecule has 2 heteroatoms. The average Bonchev–Trinajstić information content (AvgIpc) is 2.74. The summed E-state index contributed by atoms with van der Waals surface area (Å²) in [5.41, 5.74) is 0. The Morgan fingerprint density at radius 1 is 1.17 bits per heavy atom. The number of rotatable bonds is 3. The van der Waals surface area contributed by atoms with Crippen LogP contribution in [0.5, 0.6) is 0 Å². The minimum absolute atomic E-state index is 0.194. The summed E-state index contributed by atoms with van der Waals surface area (Å²) in [6.07, 6.45) is 7.23. The Morgan fingerprint density at radius 3 is 2.42 bits per heavy atom. The zero-order chi connectivity index (χ0) is 8.39. The van der Waals surface area contributed by atoms with Crippen LogP contribution in [0.4, 0.5) is 0 Å². The first-order valence-electron chi connectivity index (χ1n) is 5.07. The quantitative estimate of drug-likeness (QED) is 0.628. The van der Waals surface area contributed by atoms with Gasteiger partial charge >= 0.3 is 0 Å². The maximum Gasteiger partial charge on any atom is 0.244 e. The molecule has 1 amide bonds. The van der Waals surface area contributed by atoms with E-state index >= 15 is 0 Å². The molecule has 2 rings (SSSR count). The third-order valence-electron chi connectivity index (χ3n) is 2.91. The van der Waals surface area contributed by atoms with Gasteiger partial charge in [-0.3, -0.25) is 10.1 Å². The molecule has 2 aliphatic rings. The van der Waals surface area contributed by atoms with Gasteiger partial charge < -0.3 is 0 Å². The van der Waals surface area contributed by atoms with Gasteiger partial charge in [-0.15, -0.1) is 0 Å². The van der Waals surface area contributed by atoms with Gasteiger partial charge in [0.2, 0.25) is 5.91 Å². The first-order valence-corrected chi connectivity index (χ1v) is 5.07. The Labute approximate surface area is 73.7 Å². The number of hydrogen-bond acceptors (Lipinski definition) is 1. The number of nitrogens with zero attached hydrogens (tertiary/aromatic N) is 1. The van der Waals surface area contributed by atoms with Crippen LogP contribution < -0.4 is 5.32 Å². The molecule has 0 N–H and O–H groups in total. The molecule has 1 radical (unpaired) electrons. The van der Waals surface area contributed by atoms with Crippen LogP contribution in [0.15, 0.2) is 0 Å². The molecule has 67 valence electrons. The van der Waals surface area contributed by atoms with Crippen molar-refractivity contribution < 1.29 is 4.79 Å². The zero-order valence-corrected chi connectivity index (χ0v) is 7.46. The van der Waals surface area contributed by atoms with Gasteiger partial charge in [-0.05, 0) is 31.6 Å². The van der Waals surface area contributed by atoms with Crippen molar-refractivity contribution in [2.45, 2.75) is 38.5 Å². The van der Waals surface area contributed by atoms with Crippen LogP contribution in [0, 0.1) is 11.8 Å². The van der Waals surface area contributed by atoms with Crippen LogP contribution in [0.25, 0.3) is 0 Å². The Bertz CT molecular complexity index is 169. The van der Waals surface area contributed by atoms with Gasteiger partial charge in [0, 0.05) is 12.5 Å². The maximum atomic E-state index is 11.4. The van der Waals surface area contributed by atoms with Crippen molar-refractivity contribution in [1.29, 1.82) is 0 Å². The van der Waals surface area contributed by atoms with E-state index in [1.807, 2.05) is 0 Å². The summed E-state index contributed by atoms with van der Waals surface area (Å²) in [5, 5.41) is 4.13. The van der Waals surface area contributed by atoms with E-state index in [9.17, 15) is 4.79 Å². The fourth-order valence-corrected chi connectivity index (χ4v) is 1.82. The molecule has 0 heterocycles. The standard InChI is InChI=1S/C10H16NO/c12-10(9-3-1-2-4-9)11-7-8-5-6-8/h8-9H,1-7H2. The molecule has 0 unspecified atom stereocenters. The van der Waals surface area contributed by atoms with Crippen molar-refractivity contribution in [2.24, 2.45) is 11.8 Å². The highest BCUT2D eigenvalue weighted by Crippen LogP contribution is 2.29. The van der Waals surface area contributed by atoms with Crippen LogP contribution in [0.2, 0.25) is 0 Å². The first kappa shape index (κ1) is 8.09. The van der Waals surface area contributed by atoms with Gasteiger partial charge in [0.25, 0.3) is 0 Å². The number of carbonyl (C=O) groups excluding carboxylic acids is 1. The third kappa shape index (κ3) is 1.99. The molecule has 2 nitrogen and oxygen atoms in total. The van der Waals surface area contributed by atoms with Crippen molar-refractivity contribution in [3.05, 3.63) is 0 Å². The third-order valence-corrected chi connectivity index (χ3v) is 2.91. The van der Waals surface area contributed by atoms with E-state index in [1.165, 1.54) is 25.7 Å². The van der Waals surface area contributed by atoms with E-state index in [-0.39, 0.29) is 5.91 Å². The molecule has 0 saturated heterocycles. The van der Waals surface area contributed by atoms with Crippen LogP contribution in [0.1, 0.15) is 38.5 Å². The number of hydrogen-bond donors (Lipinski definition) is 0. The van der Waals surface area contributed by atoms with E-state index in [2.05, 4.69) is 5.32 Å². The lowest BCUT2D eigenvalue weighted by Crippen LogP contribution is -2.24. The highest BCUT2D eigenvalue weighted by molar-refractivity contribution is 5.78. The van der Waals surface area contributed by atoms with Crippen molar-refractivity contribution >= 4 is 5.91 Å². The number of carbonyl (C=O) groups is 1. The summed E-state index contributed by atoms with van der Waals surface area (Å²) in [6, 6.07) is 0. The van der Waals surface area contributed by atoms with Gasteiger partial charge in [0.1, 0.15) is 0 Å². The smallest absolute Gasteiger partial charge is 0.244 e. The van der Waals surface area contributed by atoms with Crippen LogP contribution in [-0.2, 0) is 4.79 Å². The maximum absolute atomic E-state index is 11.4. The fourth-order valence-electron chi connectivity index (χ4n) is 1.82. The molecule has 0 atom stereocenters. The lowest BCUT2D eigenvalue weighted by Gasteiger charge is -2.06. The molecule has 0 aliphatic heterocycles. The fraction of sp³-hybridized carbons (Fsp3) is 0.900. The van der Waals surface area contributed by atoms with E-state index in [4.69, 9.17) is 0 Å². The normalized spacial score (nSPS) is 24.3. The molecular formula is C10H16NO. The summed E-state index contributed by atoms with van der Waals surface area (Å²) >= 11 is 0. The summed E-state index contributed by atoms with van der Waals surface area (Å²) < 4.78 is 0. The molecule has 2 saturated carbocycles. The highest BCUT2D eigenvalue weighted by atomic mass is 16.1. The highest BCUT2D eigenvalue weighted by Gasteiger charge is 2.27. The Balaban J connectivity index is 1.67. The second-order valence-corrected chi connectivity index (χ2v) is 4.10. The minimum atomic E-state index is 0.194. The van der Waals surface area contributed by atoms with E-state index in [0.717, 1.165) is 25.3 Å². The molecule has 0 bridgehead atoms. The summed E-state index contributed by atoms with van der Waals surface area (Å²) in [4.78, 5) is 11.4. The monoisotopic (exact) mass is 166 g/mol. The molecule has 0 aromatic carbocycles. The predicted octanol–water partition coefficient (Wildman–Crippen LogP) is 1.72. The summed E-state index contributed by atoms with van der Waals surface area (Å²) in [5.74, 6) is 1.25. The Kier molecular flexibility index (Phi) is 2.33. The van der Waals surface area contributed by atoms with E-state index < -0.39 is 0 Å². The summed E-state index contributed by atoms with van der Waals surface area (Å²) in [6.45, 7) is 0.815. The molecule has 0 aromatic heterocycles. The van der Waals surface area contributed by atoms with Crippen molar-refractivity contribution in [3.8, 4) is 0 Å². The van der Waals surface area contributed by atoms with Crippen molar-refractivity contribution in [1.82, 2.24) is 5.32 Å². The van der Waals surface area contributed by atoms with Crippen molar-refractivity contribution in [2.75, 3.05) is 6.54 Å². The van der Waals surface area contributed by atoms with Crippen LogP contribution in [-0.4, -0.2) is 12.5 Å². The van der Waals surface area contributed by atoms with E-state index in [1.54, 1.807) is 0 Å². The van der Waals surface area contributed by atoms with Gasteiger partial charge in [0.05, 0.1) is 0 Å². The molecule has 0 aromatic rings. The van der Waals surface area contributed by atoms with Crippen LogP contribution in [0.3, 0.4) is 0 Å². The van der Waals surface area contributed by atoms with Gasteiger partial charge in [-0.1, -0.05) is 12.8 Å². The van der Waals surface area contributed by atoms with Gasteiger partial charge in [-0.25, -0.2) is 0 Å². The summed E-state index contributed by atoms with van der Waals surface area (Å²) in [7, 11) is 0. The van der Waals surface area contributed by atoms with Crippen LogP contribution >= 0.6 is 0 Å². The molecule has 2 aliphatic carbocycles.